The van der Waals surface area contributed by atoms with Gasteiger partial charge in [-0.25, -0.2) is 9.37 Å². The Kier molecular flexibility index (Phi) is 3.87. The van der Waals surface area contributed by atoms with Crippen LogP contribution in [0, 0.1) is 12.7 Å². The van der Waals surface area contributed by atoms with E-state index in [-0.39, 0.29) is 11.8 Å². The molecule has 5 heteroatoms. The van der Waals surface area contributed by atoms with Crippen LogP contribution in [-0.4, -0.2) is 22.5 Å². The molecule has 1 unspecified atom stereocenters. The predicted molar refractivity (Wildman–Crippen MR) is 97.2 cm³/mol. The van der Waals surface area contributed by atoms with Crippen LogP contribution < -0.4 is 0 Å². The van der Waals surface area contributed by atoms with Gasteiger partial charge in [-0.1, -0.05) is 18.2 Å². The number of aromatic nitrogens is 2. The lowest BCUT2D eigenvalue weighted by molar-refractivity contribution is -0.145. The molecular formula is C21H19FN2O2. The fourth-order valence-corrected chi connectivity index (χ4v) is 3.87. The van der Waals surface area contributed by atoms with Crippen LogP contribution in [0.5, 0.6) is 0 Å². The molecule has 0 aliphatic heterocycles. The normalized spacial score (nSPS) is 19.6. The maximum absolute atomic E-state index is 14.1. The van der Waals surface area contributed by atoms with Gasteiger partial charge in [0, 0.05) is 18.6 Å². The minimum atomic E-state index is -0.960. The van der Waals surface area contributed by atoms with Crippen LogP contribution in [0.15, 0.2) is 55.0 Å². The van der Waals surface area contributed by atoms with E-state index in [9.17, 15) is 9.18 Å². The van der Waals surface area contributed by atoms with Crippen molar-refractivity contribution in [3.63, 3.8) is 0 Å². The highest BCUT2D eigenvalue weighted by molar-refractivity contribution is 5.91. The summed E-state index contributed by atoms with van der Waals surface area (Å²) >= 11 is 0. The number of imidazole rings is 1. The molecule has 0 bridgehead atoms. The summed E-state index contributed by atoms with van der Waals surface area (Å²) < 4.78 is 21.2. The summed E-state index contributed by atoms with van der Waals surface area (Å²) in [6, 6.07) is 8.87. The maximum Gasteiger partial charge on any atom is 0.320 e. The minimum absolute atomic E-state index is 0.313. The van der Waals surface area contributed by atoms with Crippen LogP contribution in [0.1, 0.15) is 29.5 Å². The molecule has 0 spiro atoms. The highest BCUT2D eigenvalue weighted by Gasteiger charge is 2.44. The summed E-state index contributed by atoms with van der Waals surface area (Å²) in [5.41, 5.74) is 3.10. The lowest BCUT2D eigenvalue weighted by atomic mass is 9.77. The molecule has 1 atom stereocenters. The van der Waals surface area contributed by atoms with Crippen LogP contribution in [0.3, 0.4) is 0 Å². The number of fused-ring (bicyclic) bond motifs is 1. The van der Waals surface area contributed by atoms with E-state index in [0.29, 0.717) is 24.0 Å². The Bertz CT molecular complexity index is 1040. The molecule has 0 fully saturated rings. The van der Waals surface area contributed by atoms with Gasteiger partial charge in [0.1, 0.15) is 16.9 Å². The van der Waals surface area contributed by atoms with Crippen LogP contribution in [0.2, 0.25) is 0 Å². The van der Waals surface area contributed by atoms with E-state index < -0.39 is 5.41 Å². The topological polar surface area (TPSA) is 43.6 Å². The molecule has 0 N–H and O–H groups in total. The van der Waals surface area contributed by atoms with Crippen molar-refractivity contribution >= 4 is 17.2 Å². The minimum Gasteiger partial charge on any atom is -0.468 e. The number of esters is 1. The molecule has 2 heterocycles. The van der Waals surface area contributed by atoms with Gasteiger partial charge in [-0.3, -0.25) is 4.79 Å². The summed E-state index contributed by atoms with van der Waals surface area (Å²) in [5, 5.41) is 0. The SMILES string of the molecule is COC(=O)C1(c2cccc(F)c2C)C=C(c2ccn3ccnc3c2)CC1. The first-order valence-electron chi connectivity index (χ1n) is 8.54. The van der Waals surface area contributed by atoms with Crippen LogP contribution in [0.25, 0.3) is 11.2 Å². The van der Waals surface area contributed by atoms with Crippen LogP contribution >= 0.6 is 0 Å². The van der Waals surface area contributed by atoms with Gasteiger partial charge >= 0.3 is 5.97 Å². The van der Waals surface area contributed by atoms with Gasteiger partial charge in [0.2, 0.25) is 0 Å². The van der Waals surface area contributed by atoms with Crippen molar-refractivity contribution in [2.24, 2.45) is 0 Å². The summed E-state index contributed by atoms with van der Waals surface area (Å²) in [7, 11) is 1.38. The van der Waals surface area contributed by atoms with E-state index >= 15 is 0 Å². The number of methoxy groups -OCH3 is 1. The van der Waals surface area contributed by atoms with E-state index in [1.807, 2.05) is 41.1 Å². The number of halogens is 1. The number of hydrogen-bond acceptors (Lipinski definition) is 3. The molecule has 2 aromatic heterocycles. The lowest BCUT2D eigenvalue weighted by Crippen LogP contribution is -2.34. The summed E-state index contributed by atoms with van der Waals surface area (Å²) in [4.78, 5) is 17.1. The van der Waals surface area contributed by atoms with Crippen molar-refractivity contribution in [1.82, 2.24) is 9.38 Å². The molecule has 4 rings (SSSR count). The number of ether oxygens (including phenoxy) is 1. The van der Waals surface area contributed by atoms with E-state index in [1.165, 1.54) is 13.2 Å². The molecular weight excluding hydrogens is 331 g/mol. The number of carbonyl (C=O) groups excluding carboxylic acids is 1. The number of rotatable bonds is 3. The van der Waals surface area contributed by atoms with Gasteiger partial charge in [-0.05, 0) is 60.2 Å². The van der Waals surface area contributed by atoms with Gasteiger partial charge in [0.15, 0.2) is 0 Å². The van der Waals surface area contributed by atoms with Crippen molar-refractivity contribution in [3.05, 3.63) is 77.5 Å². The third-order valence-corrected chi connectivity index (χ3v) is 5.28. The second-order valence-electron chi connectivity index (χ2n) is 6.65. The highest BCUT2D eigenvalue weighted by Crippen LogP contribution is 2.45. The van der Waals surface area contributed by atoms with Crippen molar-refractivity contribution in [2.45, 2.75) is 25.2 Å². The first-order valence-corrected chi connectivity index (χ1v) is 8.54. The average molecular weight is 350 g/mol. The van der Waals surface area contributed by atoms with Crippen LogP contribution in [-0.2, 0) is 14.9 Å². The number of hydrogen-bond donors (Lipinski definition) is 0. The second-order valence-corrected chi connectivity index (χ2v) is 6.65. The Balaban J connectivity index is 1.86. The predicted octanol–water partition coefficient (Wildman–Crippen LogP) is 4.07. The molecule has 1 aliphatic rings. The summed E-state index contributed by atoms with van der Waals surface area (Å²) in [6.45, 7) is 1.71. The molecule has 1 aliphatic carbocycles. The van der Waals surface area contributed by atoms with Gasteiger partial charge in [0.25, 0.3) is 0 Å². The van der Waals surface area contributed by atoms with E-state index in [0.717, 1.165) is 16.8 Å². The Morgan fingerprint density at radius 2 is 2.15 bits per heavy atom. The zero-order valence-corrected chi connectivity index (χ0v) is 14.7. The van der Waals surface area contributed by atoms with Gasteiger partial charge in [-0.2, -0.15) is 0 Å². The van der Waals surface area contributed by atoms with Crippen molar-refractivity contribution in [3.8, 4) is 0 Å². The molecule has 0 amide bonds. The molecule has 0 saturated carbocycles. The van der Waals surface area contributed by atoms with Gasteiger partial charge in [0.05, 0.1) is 7.11 Å². The summed E-state index contributed by atoms with van der Waals surface area (Å²) in [5.74, 6) is -0.672. The fraction of sp³-hybridized carbons (Fsp3) is 0.238. The zero-order valence-electron chi connectivity index (χ0n) is 14.7. The molecule has 1 aromatic carbocycles. The number of allylic oxidation sites excluding steroid dienone is 1. The first kappa shape index (κ1) is 16.5. The standard InChI is InChI=1S/C21H19FN2O2/c1-14-17(4-3-5-18(14)22)21(20(25)26-2)8-6-16(13-21)15-7-10-24-11-9-23-19(24)12-15/h3-5,7,9-13H,6,8H2,1-2H3. The Morgan fingerprint density at radius 3 is 2.96 bits per heavy atom. The van der Waals surface area contributed by atoms with Gasteiger partial charge in [-0.15, -0.1) is 0 Å². The Hall–Kier alpha value is -2.95. The third kappa shape index (κ3) is 2.43. The van der Waals surface area contributed by atoms with Crippen molar-refractivity contribution < 1.29 is 13.9 Å². The molecule has 26 heavy (non-hydrogen) atoms. The summed E-state index contributed by atoms with van der Waals surface area (Å²) in [6.07, 6.45) is 8.79. The Labute approximate surface area is 150 Å². The van der Waals surface area contributed by atoms with Crippen LogP contribution in [0.4, 0.5) is 4.39 Å². The number of carbonyl (C=O) groups is 1. The van der Waals surface area contributed by atoms with E-state index in [1.54, 1.807) is 19.2 Å². The first-order chi connectivity index (χ1) is 12.5. The van der Waals surface area contributed by atoms with Gasteiger partial charge < -0.3 is 9.14 Å². The lowest BCUT2D eigenvalue weighted by Gasteiger charge is -2.26. The van der Waals surface area contributed by atoms with Crippen molar-refractivity contribution in [2.75, 3.05) is 7.11 Å². The second kappa shape index (κ2) is 6.09. The molecule has 3 aromatic rings. The number of benzene rings is 1. The fourth-order valence-electron chi connectivity index (χ4n) is 3.87. The smallest absolute Gasteiger partial charge is 0.320 e. The Morgan fingerprint density at radius 1 is 1.31 bits per heavy atom. The molecule has 0 saturated heterocycles. The molecule has 132 valence electrons. The van der Waals surface area contributed by atoms with E-state index in [4.69, 9.17) is 4.74 Å². The third-order valence-electron chi connectivity index (χ3n) is 5.28. The molecule has 4 nitrogen and oxygen atoms in total. The number of nitrogens with zero attached hydrogens (tertiary/aromatic N) is 2. The highest BCUT2D eigenvalue weighted by atomic mass is 19.1. The monoisotopic (exact) mass is 350 g/mol. The zero-order chi connectivity index (χ0) is 18.3. The average Bonchev–Trinajstić information content (AvgIpc) is 3.30. The maximum atomic E-state index is 14.1. The van der Waals surface area contributed by atoms with E-state index in [2.05, 4.69) is 4.98 Å². The quantitative estimate of drug-likeness (QED) is 0.669. The number of pyridine rings is 1. The molecule has 0 radical (unpaired) electrons. The largest absolute Gasteiger partial charge is 0.468 e. The van der Waals surface area contributed by atoms with Crippen molar-refractivity contribution in [1.29, 1.82) is 0 Å².